The van der Waals surface area contributed by atoms with Crippen LogP contribution >= 0.6 is 0 Å². The van der Waals surface area contributed by atoms with Crippen LogP contribution in [0.4, 0.5) is 0 Å². The Morgan fingerprint density at radius 1 is 1.12 bits per heavy atom. The number of methoxy groups -OCH3 is 1. The third-order valence-corrected chi connectivity index (χ3v) is 4.29. The van der Waals surface area contributed by atoms with Gasteiger partial charge < -0.3 is 14.6 Å². The van der Waals surface area contributed by atoms with Crippen molar-refractivity contribution in [1.29, 1.82) is 0 Å². The van der Waals surface area contributed by atoms with Gasteiger partial charge in [-0.05, 0) is 25.1 Å². The monoisotopic (exact) mass is 336 g/mol. The molecule has 0 aliphatic heterocycles. The van der Waals surface area contributed by atoms with E-state index in [2.05, 4.69) is 5.32 Å². The third kappa shape index (κ3) is 3.13. The summed E-state index contributed by atoms with van der Waals surface area (Å²) < 4.78 is 7.13. The van der Waals surface area contributed by atoms with E-state index in [0.717, 1.165) is 11.1 Å². The van der Waals surface area contributed by atoms with Crippen molar-refractivity contribution in [2.45, 2.75) is 13.0 Å². The molecular formula is C20H20N2O3. The first-order valence-electron chi connectivity index (χ1n) is 8.05. The van der Waals surface area contributed by atoms with Crippen molar-refractivity contribution in [2.24, 2.45) is 7.05 Å². The average molecular weight is 336 g/mol. The molecule has 0 fully saturated rings. The molecule has 5 nitrogen and oxygen atoms in total. The number of fused-ring (bicyclic) bond motifs is 1. The number of nitrogens with zero attached hydrogens (tertiary/aromatic N) is 1. The third-order valence-electron chi connectivity index (χ3n) is 4.29. The Labute approximate surface area is 145 Å². The minimum absolute atomic E-state index is 0.128. The highest BCUT2D eigenvalue weighted by Crippen LogP contribution is 2.24. The highest BCUT2D eigenvalue weighted by Gasteiger charge is 2.18. The van der Waals surface area contributed by atoms with Gasteiger partial charge in [-0.1, -0.05) is 30.3 Å². The quantitative estimate of drug-likeness (QED) is 0.797. The maximum Gasteiger partial charge on any atom is 0.257 e. The predicted octanol–water partition coefficient (Wildman–Crippen LogP) is 3.04. The molecule has 25 heavy (non-hydrogen) atoms. The Balaban J connectivity index is 1.95. The minimum Gasteiger partial charge on any atom is -0.496 e. The van der Waals surface area contributed by atoms with Crippen LogP contribution in [0, 0.1) is 0 Å². The maximum atomic E-state index is 12.7. The molecule has 1 atom stereocenters. The van der Waals surface area contributed by atoms with E-state index in [1.165, 1.54) is 0 Å². The summed E-state index contributed by atoms with van der Waals surface area (Å²) >= 11 is 0. The van der Waals surface area contributed by atoms with Gasteiger partial charge in [-0.2, -0.15) is 0 Å². The van der Waals surface area contributed by atoms with Crippen LogP contribution < -0.4 is 15.5 Å². The van der Waals surface area contributed by atoms with Gasteiger partial charge in [0, 0.05) is 24.2 Å². The first kappa shape index (κ1) is 16.8. The highest BCUT2D eigenvalue weighted by atomic mass is 16.5. The van der Waals surface area contributed by atoms with Gasteiger partial charge in [0.1, 0.15) is 11.3 Å². The number of ether oxygens (including phenoxy) is 1. The second kappa shape index (κ2) is 6.81. The fraction of sp³-hybridized carbons (Fsp3) is 0.200. The lowest BCUT2D eigenvalue weighted by Gasteiger charge is -2.17. The van der Waals surface area contributed by atoms with E-state index in [-0.39, 0.29) is 17.0 Å². The van der Waals surface area contributed by atoms with Crippen LogP contribution in [-0.2, 0) is 7.05 Å². The van der Waals surface area contributed by atoms with Crippen molar-refractivity contribution in [3.63, 3.8) is 0 Å². The van der Waals surface area contributed by atoms with Gasteiger partial charge >= 0.3 is 0 Å². The maximum absolute atomic E-state index is 12.7. The Morgan fingerprint density at radius 3 is 2.56 bits per heavy atom. The molecule has 0 spiro atoms. The number of aromatic nitrogens is 1. The number of aryl methyl sites for hydroxylation is 1. The normalized spacial score (nSPS) is 12.0. The minimum atomic E-state index is -0.398. The zero-order valence-corrected chi connectivity index (χ0v) is 14.4. The Bertz CT molecular complexity index is 992. The first-order chi connectivity index (χ1) is 12.0. The van der Waals surface area contributed by atoms with Crippen molar-refractivity contribution in [3.8, 4) is 5.75 Å². The fourth-order valence-electron chi connectivity index (χ4n) is 2.98. The molecule has 1 aromatic heterocycles. The van der Waals surface area contributed by atoms with Crippen molar-refractivity contribution < 1.29 is 9.53 Å². The fourth-order valence-corrected chi connectivity index (χ4v) is 2.98. The van der Waals surface area contributed by atoms with Gasteiger partial charge in [0.25, 0.3) is 5.91 Å². The van der Waals surface area contributed by atoms with Crippen LogP contribution in [0.5, 0.6) is 5.75 Å². The molecule has 0 radical (unpaired) electrons. The standard InChI is InChI=1S/C20H20N2O3/c1-13(14-8-5-7-11-18(14)25-3)21-20(24)16-12-22(2)17-10-6-4-9-15(17)19(16)23/h4-13H,1-3H3,(H,21,24)/t13-/m0/s1. The Kier molecular flexibility index (Phi) is 4.57. The summed E-state index contributed by atoms with van der Waals surface area (Å²) in [6.45, 7) is 1.86. The van der Waals surface area contributed by atoms with Crippen LogP contribution in [-0.4, -0.2) is 17.6 Å². The summed E-state index contributed by atoms with van der Waals surface area (Å²) in [5.74, 6) is 0.298. The van der Waals surface area contributed by atoms with Crippen molar-refractivity contribution in [1.82, 2.24) is 9.88 Å². The van der Waals surface area contributed by atoms with E-state index < -0.39 is 5.91 Å². The molecule has 0 bridgehead atoms. The summed E-state index contributed by atoms with van der Waals surface area (Å²) in [5, 5.41) is 3.42. The summed E-state index contributed by atoms with van der Waals surface area (Å²) in [6, 6.07) is 14.4. The molecule has 128 valence electrons. The van der Waals surface area contributed by atoms with Crippen LogP contribution in [0.2, 0.25) is 0 Å². The number of rotatable bonds is 4. The molecule has 0 aliphatic rings. The van der Waals surface area contributed by atoms with E-state index in [1.54, 1.807) is 30.0 Å². The van der Waals surface area contributed by atoms with E-state index in [4.69, 9.17) is 4.74 Å². The van der Waals surface area contributed by atoms with Gasteiger partial charge in [-0.25, -0.2) is 0 Å². The van der Waals surface area contributed by atoms with E-state index >= 15 is 0 Å². The van der Waals surface area contributed by atoms with Crippen LogP contribution in [0.3, 0.4) is 0 Å². The van der Waals surface area contributed by atoms with Gasteiger partial charge in [0.15, 0.2) is 0 Å². The van der Waals surface area contributed by atoms with Gasteiger partial charge in [-0.3, -0.25) is 9.59 Å². The zero-order valence-electron chi connectivity index (χ0n) is 14.4. The molecule has 2 aromatic carbocycles. The molecule has 1 heterocycles. The van der Waals surface area contributed by atoms with Crippen molar-refractivity contribution >= 4 is 16.8 Å². The second-order valence-electron chi connectivity index (χ2n) is 5.94. The SMILES string of the molecule is COc1ccccc1[C@H](C)NC(=O)c1cn(C)c2ccccc2c1=O. The van der Waals surface area contributed by atoms with Crippen LogP contribution in [0.1, 0.15) is 28.9 Å². The average Bonchev–Trinajstić information content (AvgIpc) is 2.64. The molecule has 0 saturated heterocycles. The number of pyridine rings is 1. The second-order valence-corrected chi connectivity index (χ2v) is 5.94. The lowest BCUT2D eigenvalue weighted by molar-refractivity contribution is 0.0938. The first-order valence-corrected chi connectivity index (χ1v) is 8.05. The highest BCUT2D eigenvalue weighted by molar-refractivity contribution is 5.97. The molecule has 3 rings (SSSR count). The lowest BCUT2D eigenvalue weighted by Crippen LogP contribution is -2.31. The topological polar surface area (TPSA) is 60.3 Å². The number of hydrogen-bond donors (Lipinski definition) is 1. The number of carbonyl (C=O) groups excluding carboxylic acids is 1. The Hall–Kier alpha value is -3.08. The number of nitrogens with one attached hydrogen (secondary N) is 1. The predicted molar refractivity (Wildman–Crippen MR) is 98.1 cm³/mol. The molecule has 3 aromatic rings. The molecular weight excluding hydrogens is 316 g/mol. The number of para-hydroxylation sites is 2. The number of benzene rings is 2. The summed E-state index contributed by atoms with van der Waals surface area (Å²) in [7, 11) is 3.41. The summed E-state index contributed by atoms with van der Waals surface area (Å²) in [4.78, 5) is 25.3. The van der Waals surface area contributed by atoms with E-state index in [0.29, 0.717) is 11.1 Å². The molecule has 5 heteroatoms. The Morgan fingerprint density at radius 2 is 1.80 bits per heavy atom. The molecule has 0 saturated carbocycles. The lowest BCUT2D eigenvalue weighted by atomic mass is 10.1. The number of carbonyl (C=O) groups is 1. The van der Waals surface area contributed by atoms with Gasteiger partial charge in [-0.15, -0.1) is 0 Å². The zero-order chi connectivity index (χ0) is 18.0. The summed E-state index contributed by atoms with van der Waals surface area (Å²) in [5.41, 5.74) is 1.51. The molecule has 0 unspecified atom stereocenters. The molecule has 0 aliphatic carbocycles. The van der Waals surface area contributed by atoms with Crippen LogP contribution in [0.25, 0.3) is 10.9 Å². The van der Waals surface area contributed by atoms with Crippen LogP contribution in [0.15, 0.2) is 59.5 Å². The largest absolute Gasteiger partial charge is 0.496 e. The van der Waals surface area contributed by atoms with Crippen molar-refractivity contribution in [3.05, 3.63) is 76.1 Å². The molecule has 1 amide bonds. The number of amides is 1. The smallest absolute Gasteiger partial charge is 0.257 e. The van der Waals surface area contributed by atoms with Gasteiger partial charge in [0.05, 0.1) is 18.7 Å². The van der Waals surface area contributed by atoms with E-state index in [9.17, 15) is 9.59 Å². The van der Waals surface area contributed by atoms with E-state index in [1.807, 2.05) is 50.4 Å². The summed E-state index contributed by atoms with van der Waals surface area (Å²) in [6.07, 6.45) is 1.58. The van der Waals surface area contributed by atoms with Gasteiger partial charge in [0.2, 0.25) is 5.43 Å². The molecule has 1 N–H and O–H groups in total. The van der Waals surface area contributed by atoms with Crippen molar-refractivity contribution in [2.75, 3.05) is 7.11 Å². The number of hydrogen-bond acceptors (Lipinski definition) is 3.